The maximum absolute atomic E-state index is 13.4. The quantitative estimate of drug-likeness (QED) is 0.730. The Kier molecular flexibility index (Phi) is 5.94. The van der Waals surface area contributed by atoms with Crippen LogP contribution in [-0.4, -0.2) is 47.8 Å². The molecule has 0 bridgehead atoms. The van der Waals surface area contributed by atoms with Gasteiger partial charge in [-0.1, -0.05) is 12.8 Å². The summed E-state index contributed by atoms with van der Waals surface area (Å²) in [7, 11) is 0. The number of fused-ring (bicyclic) bond motifs is 1. The number of nitrogens with zero attached hydrogens (tertiary/aromatic N) is 2. The smallest absolute Gasteiger partial charge is 0.264 e. The van der Waals surface area contributed by atoms with E-state index in [9.17, 15) is 18.4 Å². The van der Waals surface area contributed by atoms with Crippen molar-refractivity contribution in [2.45, 2.75) is 38.5 Å². The van der Waals surface area contributed by atoms with Gasteiger partial charge in [0.15, 0.2) is 11.6 Å². The normalized spacial score (nSPS) is 17.4. The van der Waals surface area contributed by atoms with E-state index in [0.717, 1.165) is 29.9 Å². The number of aryl methyl sites for hydroxylation is 2. The molecule has 29 heavy (non-hydrogen) atoms. The molecule has 1 aromatic heterocycles. The van der Waals surface area contributed by atoms with Crippen LogP contribution in [0.2, 0.25) is 0 Å². The van der Waals surface area contributed by atoms with Crippen LogP contribution in [0.5, 0.6) is 0 Å². The summed E-state index contributed by atoms with van der Waals surface area (Å²) in [5.41, 5.74) is 1.45. The Morgan fingerprint density at radius 3 is 2.14 bits per heavy atom. The number of hydrogen-bond donors (Lipinski definition) is 0. The molecular weight excluding hydrogens is 394 g/mol. The average Bonchev–Trinajstić information content (AvgIpc) is 3.11. The molecule has 2 amide bonds. The van der Waals surface area contributed by atoms with Gasteiger partial charge in [-0.3, -0.25) is 9.59 Å². The van der Waals surface area contributed by atoms with E-state index in [1.165, 1.54) is 42.2 Å². The first-order valence-electron chi connectivity index (χ1n) is 10.2. The predicted molar refractivity (Wildman–Crippen MR) is 108 cm³/mol. The van der Waals surface area contributed by atoms with Crippen LogP contribution in [0.25, 0.3) is 0 Å². The largest absolute Gasteiger partial charge is 0.335 e. The number of halogens is 2. The van der Waals surface area contributed by atoms with Crippen molar-refractivity contribution in [1.29, 1.82) is 0 Å². The Bertz CT molecular complexity index is 894. The number of amides is 2. The van der Waals surface area contributed by atoms with Crippen LogP contribution in [0.1, 0.15) is 56.2 Å². The highest BCUT2D eigenvalue weighted by Gasteiger charge is 2.27. The van der Waals surface area contributed by atoms with Crippen LogP contribution in [0, 0.1) is 11.6 Å². The van der Waals surface area contributed by atoms with Crippen LogP contribution in [-0.2, 0) is 12.8 Å². The zero-order valence-electron chi connectivity index (χ0n) is 16.3. The van der Waals surface area contributed by atoms with Gasteiger partial charge in [0.1, 0.15) is 0 Å². The molecule has 0 radical (unpaired) electrons. The number of benzene rings is 1. The molecule has 7 heteroatoms. The van der Waals surface area contributed by atoms with Crippen LogP contribution in [0.3, 0.4) is 0 Å². The zero-order valence-corrected chi connectivity index (χ0v) is 17.1. The summed E-state index contributed by atoms with van der Waals surface area (Å²) in [6, 6.07) is 5.24. The van der Waals surface area contributed by atoms with E-state index in [4.69, 9.17) is 0 Å². The van der Waals surface area contributed by atoms with Crippen LogP contribution >= 0.6 is 11.3 Å². The van der Waals surface area contributed by atoms with Crippen molar-refractivity contribution in [2.24, 2.45) is 0 Å². The van der Waals surface area contributed by atoms with Gasteiger partial charge in [-0.15, -0.1) is 11.3 Å². The summed E-state index contributed by atoms with van der Waals surface area (Å²) >= 11 is 1.62. The van der Waals surface area contributed by atoms with E-state index in [0.29, 0.717) is 26.2 Å². The molecule has 4 rings (SSSR count). The Balaban J connectivity index is 1.39. The minimum Gasteiger partial charge on any atom is -0.335 e. The highest BCUT2D eigenvalue weighted by Crippen LogP contribution is 2.29. The van der Waals surface area contributed by atoms with Gasteiger partial charge in [-0.25, -0.2) is 8.78 Å². The molecule has 0 N–H and O–H groups in total. The van der Waals surface area contributed by atoms with Gasteiger partial charge in [0.25, 0.3) is 11.8 Å². The lowest BCUT2D eigenvalue weighted by molar-refractivity contribution is 0.0538. The van der Waals surface area contributed by atoms with Gasteiger partial charge in [-0.2, -0.15) is 0 Å². The fourth-order valence-corrected chi connectivity index (χ4v) is 5.25. The van der Waals surface area contributed by atoms with Crippen molar-refractivity contribution >= 4 is 23.2 Å². The summed E-state index contributed by atoms with van der Waals surface area (Å²) in [6.07, 6.45) is 6.99. The van der Waals surface area contributed by atoms with Crippen molar-refractivity contribution in [3.8, 4) is 0 Å². The zero-order chi connectivity index (χ0) is 20.4. The molecule has 4 nitrogen and oxygen atoms in total. The van der Waals surface area contributed by atoms with Crippen LogP contribution < -0.4 is 0 Å². The molecule has 1 aliphatic carbocycles. The predicted octanol–water partition coefficient (Wildman–Crippen LogP) is 4.28. The van der Waals surface area contributed by atoms with Gasteiger partial charge < -0.3 is 9.80 Å². The van der Waals surface area contributed by atoms with Crippen LogP contribution in [0.15, 0.2) is 24.3 Å². The Morgan fingerprint density at radius 1 is 0.793 bits per heavy atom. The van der Waals surface area contributed by atoms with Crippen molar-refractivity contribution < 1.29 is 18.4 Å². The monoisotopic (exact) mass is 418 g/mol. The lowest BCUT2D eigenvalue weighted by Crippen LogP contribution is -2.50. The van der Waals surface area contributed by atoms with E-state index in [1.54, 1.807) is 21.1 Å². The third-order valence-electron chi connectivity index (χ3n) is 5.73. The Morgan fingerprint density at radius 2 is 1.45 bits per heavy atom. The summed E-state index contributed by atoms with van der Waals surface area (Å²) in [5.74, 6) is -2.31. The van der Waals surface area contributed by atoms with Gasteiger partial charge >= 0.3 is 0 Å². The molecule has 2 aromatic rings. The molecule has 0 unspecified atom stereocenters. The number of carbonyl (C=O) groups is 2. The van der Waals surface area contributed by atoms with Gasteiger partial charge in [0.05, 0.1) is 4.88 Å². The lowest BCUT2D eigenvalue weighted by Gasteiger charge is -2.34. The van der Waals surface area contributed by atoms with Crippen LogP contribution in [0.4, 0.5) is 8.78 Å². The van der Waals surface area contributed by atoms with E-state index < -0.39 is 11.6 Å². The summed E-state index contributed by atoms with van der Waals surface area (Å²) in [6.45, 7) is 1.65. The fraction of sp³-hybridized carbons (Fsp3) is 0.455. The lowest BCUT2D eigenvalue weighted by atomic mass is 10.00. The maximum Gasteiger partial charge on any atom is 0.264 e. The minimum atomic E-state index is -1.03. The van der Waals surface area contributed by atoms with Gasteiger partial charge in [0, 0.05) is 36.6 Å². The summed E-state index contributed by atoms with van der Waals surface area (Å²) in [5, 5.41) is 0. The van der Waals surface area contributed by atoms with Gasteiger partial charge in [0.2, 0.25) is 0 Å². The molecule has 0 spiro atoms. The highest BCUT2D eigenvalue weighted by molar-refractivity contribution is 7.14. The van der Waals surface area contributed by atoms with E-state index in [2.05, 4.69) is 6.07 Å². The van der Waals surface area contributed by atoms with Crippen molar-refractivity contribution in [3.05, 3.63) is 56.8 Å². The second kappa shape index (κ2) is 8.61. The van der Waals surface area contributed by atoms with E-state index in [-0.39, 0.29) is 17.4 Å². The second-order valence-corrected chi connectivity index (χ2v) is 8.82. The first-order valence-corrected chi connectivity index (χ1v) is 11.0. The molecule has 2 aliphatic rings. The number of piperazine rings is 1. The summed E-state index contributed by atoms with van der Waals surface area (Å²) in [4.78, 5) is 31.0. The van der Waals surface area contributed by atoms with Crippen molar-refractivity contribution in [3.63, 3.8) is 0 Å². The molecule has 1 fully saturated rings. The first-order chi connectivity index (χ1) is 14.0. The number of carbonyl (C=O) groups excluding carboxylic acids is 2. The van der Waals surface area contributed by atoms with E-state index >= 15 is 0 Å². The standard InChI is InChI=1S/C22H24F2N2O2S/c23-17-8-7-16(13-18(17)24)21(27)25-9-11-26(12-10-25)22(28)20-14-15-5-3-1-2-4-6-19(15)29-20/h7-8,13-14H,1-6,9-12H2. The van der Waals surface area contributed by atoms with Crippen molar-refractivity contribution in [1.82, 2.24) is 9.80 Å². The SMILES string of the molecule is O=C(c1ccc(F)c(F)c1)N1CCN(C(=O)c2cc3c(s2)CCCCCC3)CC1. The maximum atomic E-state index is 13.4. The third-order valence-corrected chi connectivity index (χ3v) is 6.95. The highest BCUT2D eigenvalue weighted by atomic mass is 32.1. The molecule has 154 valence electrons. The third kappa shape index (κ3) is 4.34. The second-order valence-electron chi connectivity index (χ2n) is 7.69. The van der Waals surface area contributed by atoms with Crippen molar-refractivity contribution in [2.75, 3.05) is 26.2 Å². The molecule has 1 aliphatic heterocycles. The Labute approximate surface area is 173 Å². The molecule has 0 saturated carbocycles. The average molecular weight is 419 g/mol. The van der Waals surface area contributed by atoms with E-state index in [1.807, 2.05) is 0 Å². The Hall–Kier alpha value is -2.28. The number of thiophene rings is 1. The number of rotatable bonds is 2. The fourth-order valence-electron chi connectivity index (χ4n) is 4.03. The first kappa shape index (κ1) is 20.0. The molecule has 1 aromatic carbocycles. The molecule has 0 atom stereocenters. The number of hydrogen-bond acceptors (Lipinski definition) is 3. The van der Waals surface area contributed by atoms with Gasteiger partial charge in [-0.05, 0) is 55.5 Å². The summed E-state index contributed by atoms with van der Waals surface area (Å²) < 4.78 is 26.5. The minimum absolute atomic E-state index is 0.0293. The molecule has 1 saturated heterocycles. The topological polar surface area (TPSA) is 40.6 Å². The molecular formula is C22H24F2N2O2S. The molecule has 2 heterocycles.